The highest BCUT2D eigenvalue weighted by molar-refractivity contribution is 7.92. The predicted molar refractivity (Wildman–Crippen MR) is 139 cm³/mol. The fourth-order valence-electron chi connectivity index (χ4n) is 7.25. The second-order valence-corrected chi connectivity index (χ2v) is 14.5. The number of carbonyl (C=O) groups is 1. The summed E-state index contributed by atoms with van der Waals surface area (Å²) in [5.41, 5.74) is 0.205. The first kappa shape index (κ1) is 24.7. The average molecular weight is 549 g/mol. The summed E-state index contributed by atoms with van der Waals surface area (Å²) in [6, 6.07) is 4.01. The number of carbonyl (C=O) groups excluding carboxylic acids is 1. The number of aliphatic hydroxyl groups is 1. The quantitative estimate of drug-likeness (QED) is 0.512. The van der Waals surface area contributed by atoms with E-state index >= 15 is 0 Å². The Balaban J connectivity index is 1.41. The summed E-state index contributed by atoms with van der Waals surface area (Å²) in [6.45, 7) is 0.622. The minimum atomic E-state index is -4.27. The minimum absolute atomic E-state index is 0.0488. The van der Waals surface area contributed by atoms with E-state index in [0.717, 1.165) is 57.6 Å². The number of hydrogen-bond donors (Lipinski definition) is 3. The highest BCUT2D eigenvalue weighted by Gasteiger charge is 2.54. The SMILES string of the molecule is CS(=O)(=O)Nc1ccc2c(c1)S(=O)(=O)N=C(C1=C(O)[C@@H]3C4CCC(CC4)[C@@H]3N(CC3CCCC3)C1=O)N2. The molecule has 2 atom stereocenters. The molecule has 0 saturated heterocycles. The Morgan fingerprint density at radius 2 is 1.78 bits per heavy atom. The van der Waals surface area contributed by atoms with Gasteiger partial charge in [0, 0.05) is 24.2 Å². The largest absolute Gasteiger partial charge is 0.511 e. The molecule has 37 heavy (non-hydrogen) atoms. The first-order valence-electron chi connectivity index (χ1n) is 13.0. The van der Waals surface area contributed by atoms with Gasteiger partial charge in [0.2, 0.25) is 10.0 Å². The molecule has 0 unspecified atom stereocenters. The van der Waals surface area contributed by atoms with Gasteiger partial charge >= 0.3 is 0 Å². The smallest absolute Gasteiger partial charge is 0.286 e. The van der Waals surface area contributed by atoms with E-state index in [-0.39, 0.29) is 57.2 Å². The monoisotopic (exact) mass is 548 g/mol. The molecular weight excluding hydrogens is 516 g/mol. The molecule has 4 fully saturated rings. The van der Waals surface area contributed by atoms with Crippen LogP contribution in [-0.2, 0) is 24.8 Å². The first-order valence-corrected chi connectivity index (χ1v) is 16.3. The molecule has 0 spiro atoms. The summed E-state index contributed by atoms with van der Waals surface area (Å²) >= 11 is 0. The van der Waals surface area contributed by atoms with Crippen LogP contribution in [0.2, 0.25) is 0 Å². The third-order valence-electron chi connectivity index (χ3n) is 8.78. The molecule has 0 radical (unpaired) electrons. The third-order valence-corrected chi connectivity index (χ3v) is 10.7. The lowest BCUT2D eigenvalue weighted by atomic mass is 9.59. The standard InChI is InChI=1S/C25H32N4O6S2/c1-36(32,33)27-17-10-11-18-19(12-17)37(34,35)28-24(26-18)21-23(30)20-15-6-8-16(9-7-15)22(20)29(25(21)31)13-14-4-2-3-5-14/h10-12,14-16,20,22,27,30H,2-9,13H2,1H3,(H,26,28)/t15?,16?,20-,22+/m1/s1. The zero-order valence-electron chi connectivity index (χ0n) is 20.7. The van der Waals surface area contributed by atoms with Crippen molar-refractivity contribution in [3.05, 3.63) is 29.5 Å². The molecule has 1 amide bonds. The summed E-state index contributed by atoms with van der Waals surface area (Å²) in [4.78, 5) is 15.7. The number of sulfonamides is 2. The van der Waals surface area contributed by atoms with Crippen molar-refractivity contribution < 1.29 is 26.7 Å². The third kappa shape index (κ3) is 4.31. The van der Waals surface area contributed by atoms with E-state index < -0.39 is 20.0 Å². The van der Waals surface area contributed by atoms with Crippen molar-refractivity contribution >= 4 is 43.2 Å². The summed E-state index contributed by atoms with van der Waals surface area (Å²) in [6.07, 6.45) is 9.51. The van der Waals surface area contributed by atoms with E-state index in [1.54, 1.807) is 0 Å². The maximum absolute atomic E-state index is 14.0. The zero-order chi connectivity index (χ0) is 26.1. The molecule has 200 valence electrons. The Kier molecular flexibility index (Phi) is 5.83. The molecular formula is C25H32N4O6S2. The lowest BCUT2D eigenvalue weighted by molar-refractivity contribution is -0.140. The van der Waals surface area contributed by atoms with Gasteiger partial charge in [0.25, 0.3) is 15.9 Å². The number of aliphatic hydroxyl groups excluding tert-OH is 1. The zero-order valence-corrected chi connectivity index (χ0v) is 22.3. The molecule has 0 aromatic heterocycles. The molecule has 2 aliphatic heterocycles. The van der Waals surface area contributed by atoms with Gasteiger partial charge in [-0.15, -0.1) is 4.40 Å². The second kappa shape index (κ2) is 8.72. The molecule has 2 heterocycles. The Morgan fingerprint density at radius 3 is 2.46 bits per heavy atom. The summed E-state index contributed by atoms with van der Waals surface area (Å²) < 4.78 is 55.8. The molecule has 7 rings (SSSR count). The maximum Gasteiger partial charge on any atom is 0.286 e. The number of hydrogen-bond acceptors (Lipinski definition) is 7. The van der Waals surface area contributed by atoms with Gasteiger partial charge in [-0.25, -0.2) is 8.42 Å². The van der Waals surface area contributed by atoms with Crippen LogP contribution >= 0.6 is 0 Å². The molecule has 4 aliphatic carbocycles. The van der Waals surface area contributed by atoms with Crippen LogP contribution in [0.15, 0.2) is 38.8 Å². The molecule has 1 aromatic rings. The van der Waals surface area contributed by atoms with Crippen molar-refractivity contribution in [3.8, 4) is 0 Å². The summed E-state index contributed by atoms with van der Waals surface area (Å²) in [7, 11) is -7.88. The van der Waals surface area contributed by atoms with Crippen LogP contribution in [0.25, 0.3) is 0 Å². The van der Waals surface area contributed by atoms with Crippen molar-refractivity contribution in [2.75, 3.05) is 22.8 Å². The van der Waals surface area contributed by atoms with Crippen molar-refractivity contribution in [2.45, 2.75) is 62.3 Å². The Hall–Kier alpha value is -2.60. The number of anilines is 2. The van der Waals surface area contributed by atoms with Crippen LogP contribution in [0.1, 0.15) is 51.4 Å². The van der Waals surface area contributed by atoms with E-state index in [2.05, 4.69) is 14.4 Å². The van der Waals surface area contributed by atoms with E-state index in [0.29, 0.717) is 18.4 Å². The van der Waals surface area contributed by atoms with Crippen LogP contribution in [0, 0.1) is 23.7 Å². The van der Waals surface area contributed by atoms with Gasteiger partial charge in [-0.2, -0.15) is 8.42 Å². The normalized spacial score (nSPS) is 31.0. The van der Waals surface area contributed by atoms with E-state index in [9.17, 15) is 26.7 Å². The highest BCUT2D eigenvalue weighted by Crippen LogP contribution is 2.52. The van der Waals surface area contributed by atoms with Crippen molar-refractivity contribution in [1.82, 2.24) is 4.90 Å². The number of rotatable bonds is 5. The van der Waals surface area contributed by atoms with Gasteiger partial charge in [-0.3, -0.25) is 9.52 Å². The van der Waals surface area contributed by atoms with Crippen molar-refractivity contribution in [2.24, 2.45) is 28.1 Å². The lowest BCUT2D eigenvalue weighted by Crippen LogP contribution is -2.61. The van der Waals surface area contributed by atoms with Crippen LogP contribution in [-0.4, -0.2) is 57.4 Å². The lowest BCUT2D eigenvalue weighted by Gasteiger charge is -2.55. The summed E-state index contributed by atoms with van der Waals surface area (Å²) in [5.74, 6) is 0.216. The fraction of sp³-hybridized carbons (Fsp3) is 0.600. The molecule has 3 N–H and O–H groups in total. The first-order chi connectivity index (χ1) is 17.5. The number of amides is 1. The second-order valence-electron chi connectivity index (χ2n) is 11.2. The highest BCUT2D eigenvalue weighted by atomic mass is 32.2. The van der Waals surface area contributed by atoms with Gasteiger partial charge in [-0.05, 0) is 74.5 Å². The van der Waals surface area contributed by atoms with Crippen molar-refractivity contribution in [3.63, 3.8) is 0 Å². The Bertz CT molecular complexity index is 1420. The van der Waals surface area contributed by atoms with E-state index in [1.807, 2.05) is 4.90 Å². The molecule has 6 aliphatic rings. The van der Waals surface area contributed by atoms with Gasteiger partial charge in [0.1, 0.15) is 16.2 Å². The van der Waals surface area contributed by atoms with E-state index in [1.165, 1.54) is 18.2 Å². The fourth-order valence-corrected chi connectivity index (χ4v) is 8.95. The molecule has 2 bridgehead atoms. The Labute approximate surface area is 217 Å². The number of fused-ring (bicyclic) bond motifs is 3. The van der Waals surface area contributed by atoms with Crippen LogP contribution in [0.3, 0.4) is 0 Å². The van der Waals surface area contributed by atoms with Gasteiger partial charge in [0.05, 0.1) is 11.9 Å². The van der Waals surface area contributed by atoms with Crippen LogP contribution in [0.4, 0.5) is 11.4 Å². The number of amidine groups is 1. The number of nitrogens with one attached hydrogen (secondary N) is 2. The number of nitrogens with zero attached hydrogens (tertiary/aromatic N) is 2. The number of benzene rings is 1. The van der Waals surface area contributed by atoms with E-state index in [4.69, 9.17) is 0 Å². The van der Waals surface area contributed by atoms with Crippen molar-refractivity contribution in [1.29, 1.82) is 0 Å². The molecule has 1 aromatic carbocycles. The molecule has 12 heteroatoms. The minimum Gasteiger partial charge on any atom is -0.511 e. The molecule has 4 saturated carbocycles. The predicted octanol–water partition coefficient (Wildman–Crippen LogP) is 3.22. The van der Waals surface area contributed by atoms with Gasteiger partial charge < -0.3 is 15.3 Å². The summed E-state index contributed by atoms with van der Waals surface area (Å²) in [5, 5.41) is 14.5. The molecule has 10 nitrogen and oxygen atoms in total. The topological polar surface area (TPSA) is 145 Å². The van der Waals surface area contributed by atoms with Crippen LogP contribution in [0.5, 0.6) is 0 Å². The van der Waals surface area contributed by atoms with Crippen LogP contribution < -0.4 is 10.0 Å². The van der Waals surface area contributed by atoms with Gasteiger partial charge in [-0.1, -0.05) is 12.8 Å². The Morgan fingerprint density at radius 1 is 1.11 bits per heavy atom. The maximum atomic E-state index is 14.0. The average Bonchev–Trinajstić information content (AvgIpc) is 3.34. The van der Waals surface area contributed by atoms with Gasteiger partial charge in [0.15, 0.2) is 5.84 Å².